The lowest BCUT2D eigenvalue weighted by atomic mass is 9.72. The molecular weight excluding hydrogens is 518 g/mol. The minimum atomic E-state index is -2.04. The van der Waals surface area contributed by atoms with Crippen molar-refractivity contribution in [2.24, 2.45) is 10.8 Å². The second kappa shape index (κ2) is 8.38. The number of rotatable bonds is 3. The number of Topliss-reactive ketones (excluding diaryl/α,β-unsaturated/α-hetero) is 2. The van der Waals surface area contributed by atoms with Gasteiger partial charge in [0.15, 0.2) is 17.3 Å². The first kappa shape index (κ1) is 26.9. The van der Waals surface area contributed by atoms with E-state index in [2.05, 4.69) is 0 Å². The Hall–Kier alpha value is -4.73. The van der Waals surface area contributed by atoms with E-state index in [1.54, 1.807) is 39.0 Å². The van der Waals surface area contributed by atoms with Gasteiger partial charge in [-0.25, -0.2) is 4.79 Å². The van der Waals surface area contributed by atoms with Crippen LogP contribution in [0.2, 0.25) is 0 Å². The van der Waals surface area contributed by atoms with Gasteiger partial charge >= 0.3 is 5.97 Å². The van der Waals surface area contributed by atoms with E-state index >= 15 is 0 Å². The van der Waals surface area contributed by atoms with E-state index in [1.165, 1.54) is 45.0 Å². The van der Waals surface area contributed by atoms with Crippen LogP contribution in [0.25, 0.3) is 0 Å². The highest BCUT2D eigenvalue weighted by atomic mass is 16.6. The summed E-state index contributed by atoms with van der Waals surface area (Å²) in [6.45, 7) is 9.32. The van der Waals surface area contributed by atoms with E-state index in [0.29, 0.717) is 0 Å². The van der Waals surface area contributed by atoms with Crippen molar-refractivity contribution in [3.63, 3.8) is 0 Å². The SMILES string of the molecule is CC(C)(C)C(=O)c1c(O)c(C(=O)C(C)(C)C)c([N+](=O)[O-])c2c1Oc1cc(O)ccc1C21OC(=O)c2ccccc21. The maximum Gasteiger partial charge on any atom is 0.340 e. The molecule has 3 aromatic rings. The minimum Gasteiger partial charge on any atom is -0.508 e. The lowest BCUT2D eigenvalue weighted by molar-refractivity contribution is -0.386. The number of nitro groups is 1. The first-order valence-electron chi connectivity index (χ1n) is 12.5. The third-order valence-corrected chi connectivity index (χ3v) is 7.08. The Morgan fingerprint density at radius 3 is 2.10 bits per heavy atom. The number of esters is 1. The minimum absolute atomic E-state index is 0.0523. The number of fused-ring (bicyclic) bond motifs is 6. The molecule has 0 saturated carbocycles. The molecule has 40 heavy (non-hydrogen) atoms. The molecule has 10 heteroatoms. The molecule has 2 aliphatic rings. The summed E-state index contributed by atoms with van der Waals surface area (Å²) in [6.07, 6.45) is 0. The Labute approximate surface area is 229 Å². The summed E-state index contributed by atoms with van der Waals surface area (Å²) in [7, 11) is 0. The van der Waals surface area contributed by atoms with Gasteiger partial charge in [0.05, 0.1) is 10.5 Å². The van der Waals surface area contributed by atoms with Crippen molar-refractivity contribution in [2.75, 3.05) is 0 Å². The predicted molar refractivity (Wildman–Crippen MR) is 142 cm³/mol. The van der Waals surface area contributed by atoms with Crippen molar-refractivity contribution in [3.05, 3.63) is 86.0 Å². The highest BCUT2D eigenvalue weighted by Gasteiger charge is 2.59. The fourth-order valence-electron chi connectivity index (χ4n) is 5.22. The van der Waals surface area contributed by atoms with Gasteiger partial charge < -0.3 is 19.7 Å². The molecule has 0 saturated heterocycles. The van der Waals surface area contributed by atoms with E-state index < -0.39 is 67.2 Å². The molecule has 0 amide bonds. The molecule has 0 aliphatic carbocycles. The number of phenols is 2. The summed E-state index contributed by atoms with van der Waals surface area (Å²) in [6, 6.07) is 10.2. The van der Waals surface area contributed by atoms with Gasteiger partial charge in [0.1, 0.15) is 33.9 Å². The summed E-state index contributed by atoms with van der Waals surface area (Å²) < 4.78 is 12.1. The molecule has 10 nitrogen and oxygen atoms in total. The van der Waals surface area contributed by atoms with E-state index in [1.807, 2.05) is 0 Å². The van der Waals surface area contributed by atoms with Crippen LogP contribution in [-0.4, -0.2) is 32.7 Å². The fraction of sp³-hybridized carbons (Fsp3) is 0.300. The van der Waals surface area contributed by atoms with Crippen LogP contribution in [0.15, 0.2) is 42.5 Å². The maximum atomic E-state index is 13.9. The van der Waals surface area contributed by atoms with E-state index in [-0.39, 0.29) is 33.8 Å². The van der Waals surface area contributed by atoms with Gasteiger partial charge in [-0.05, 0) is 18.2 Å². The summed E-state index contributed by atoms with van der Waals surface area (Å²) in [5.74, 6) is -3.88. The molecule has 0 aromatic heterocycles. The number of carbonyl (C=O) groups is 3. The van der Waals surface area contributed by atoms with Crippen LogP contribution in [-0.2, 0) is 10.3 Å². The number of ketones is 2. The quantitative estimate of drug-likeness (QED) is 0.174. The average molecular weight is 546 g/mol. The Morgan fingerprint density at radius 2 is 1.50 bits per heavy atom. The third kappa shape index (κ3) is 3.59. The number of nitrogens with zero attached hydrogens (tertiary/aromatic N) is 1. The normalized spacial score (nSPS) is 17.4. The van der Waals surface area contributed by atoms with Crippen LogP contribution in [0.5, 0.6) is 23.0 Å². The molecule has 0 bridgehead atoms. The Morgan fingerprint density at radius 1 is 0.900 bits per heavy atom. The Bertz CT molecular complexity index is 1670. The molecule has 0 radical (unpaired) electrons. The van der Waals surface area contributed by atoms with Crippen LogP contribution in [0.3, 0.4) is 0 Å². The van der Waals surface area contributed by atoms with Crippen molar-refractivity contribution in [3.8, 4) is 23.0 Å². The summed E-state index contributed by atoms with van der Waals surface area (Å²) >= 11 is 0. The molecular formula is C30H27NO9. The van der Waals surface area contributed by atoms with Crippen molar-refractivity contribution in [1.82, 2.24) is 0 Å². The van der Waals surface area contributed by atoms with Gasteiger partial charge in [0, 0.05) is 28.0 Å². The molecule has 5 rings (SSSR count). The molecule has 1 atom stereocenters. The van der Waals surface area contributed by atoms with Crippen molar-refractivity contribution in [1.29, 1.82) is 0 Å². The maximum absolute atomic E-state index is 13.9. The van der Waals surface area contributed by atoms with Crippen LogP contribution >= 0.6 is 0 Å². The van der Waals surface area contributed by atoms with Gasteiger partial charge in [-0.1, -0.05) is 59.7 Å². The molecule has 1 spiro atoms. The first-order chi connectivity index (χ1) is 18.5. The monoisotopic (exact) mass is 545 g/mol. The van der Waals surface area contributed by atoms with E-state index in [0.717, 1.165) is 0 Å². The molecule has 2 N–H and O–H groups in total. The zero-order valence-electron chi connectivity index (χ0n) is 22.7. The lowest BCUT2D eigenvalue weighted by Gasteiger charge is -2.38. The molecule has 206 valence electrons. The van der Waals surface area contributed by atoms with Gasteiger partial charge in [0.2, 0.25) is 5.60 Å². The molecule has 1 unspecified atom stereocenters. The highest BCUT2D eigenvalue weighted by molar-refractivity contribution is 6.14. The smallest absolute Gasteiger partial charge is 0.340 e. The Balaban J connectivity index is 2.09. The number of nitro benzene ring substituents is 1. The number of ether oxygens (including phenoxy) is 2. The molecule has 2 aliphatic heterocycles. The van der Waals surface area contributed by atoms with Crippen molar-refractivity contribution >= 4 is 23.2 Å². The number of hydrogen-bond acceptors (Lipinski definition) is 9. The zero-order chi connectivity index (χ0) is 29.5. The average Bonchev–Trinajstić information content (AvgIpc) is 3.14. The van der Waals surface area contributed by atoms with Gasteiger partial charge in [0.25, 0.3) is 5.69 Å². The lowest BCUT2D eigenvalue weighted by Crippen LogP contribution is -2.36. The number of carbonyl (C=O) groups excluding carboxylic acids is 3. The number of aromatic hydroxyl groups is 2. The van der Waals surface area contributed by atoms with Crippen LogP contribution in [0.1, 0.15) is 89.3 Å². The first-order valence-corrected chi connectivity index (χ1v) is 12.5. The summed E-state index contributed by atoms with van der Waals surface area (Å²) in [4.78, 5) is 52.9. The van der Waals surface area contributed by atoms with Gasteiger partial charge in [-0.2, -0.15) is 0 Å². The van der Waals surface area contributed by atoms with Gasteiger partial charge in [-0.15, -0.1) is 0 Å². The van der Waals surface area contributed by atoms with E-state index in [4.69, 9.17) is 9.47 Å². The van der Waals surface area contributed by atoms with Crippen LogP contribution < -0.4 is 4.74 Å². The highest BCUT2D eigenvalue weighted by Crippen LogP contribution is 2.62. The number of phenolic OH excluding ortho intramolecular Hbond substituents is 2. The largest absolute Gasteiger partial charge is 0.508 e. The van der Waals surface area contributed by atoms with Crippen LogP contribution in [0, 0.1) is 20.9 Å². The fourth-order valence-corrected chi connectivity index (χ4v) is 5.22. The second-order valence-electron chi connectivity index (χ2n) is 12.0. The predicted octanol–water partition coefficient (Wildman–Crippen LogP) is 6.03. The third-order valence-electron chi connectivity index (χ3n) is 7.08. The number of hydrogen-bond donors (Lipinski definition) is 2. The van der Waals surface area contributed by atoms with Gasteiger partial charge in [-0.3, -0.25) is 19.7 Å². The zero-order valence-corrected chi connectivity index (χ0v) is 22.7. The molecule has 3 aromatic carbocycles. The van der Waals surface area contributed by atoms with Crippen molar-refractivity contribution in [2.45, 2.75) is 47.1 Å². The Kier molecular flexibility index (Phi) is 5.63. The second-order valence-corrected chi connectivity index (χ2v) is 12.0. The van der Waals surface area contributed by atoms with E-state index in [9.17, 15) is 34.7 Å². The van der Waals surface area contributed by atoms with Crippen molar-refractivity contribution < 1.29 is 39.0 Å². The standard InChI is InChI=1S/C30H27NO9/c1-28(2,3)25(34)19-22(31(37)38)21-24(20(23(19)33)26(35)29(4,5)6)39-18-13-14(32)11-12-17(18)30(21)16-10-8-7-9-15(16)27(36)40-30/h7-13,32-33H,1-6H3. The summed E-state index contributed by atoms with van der Waals surface area (Å²) in [5, 5.41) is 34.7. The molecule has 0 fully saturated rings. The summed E-state index contributed by atoms with van der Waals surface area (Å²) in [5.41, 5.74) is -6.29. The van der Waals surface area contributed by atoms with Crippen LogP contribution in [0.4, 0.5) is 5.69 Å². The molecule has 2 heterocycles. The number of benzene rings is 3. The topological polar surface area (TPSA) is 153 Å².